The van der Waals surface area contributed by atoms with Gasteiger partial charge in [-0.2, -0.15) is 0 Å². The highest BCUT2D eigenvalue weighted by molar-refractivity contribution is 6.06. The molecular weight excluding hydrogens is 342 g/mol. The number of ether oxygens (including phenoxy) is 1. The minimum absolute atomic E-state index is 0.0418. The van der Waals surface area contributed by atoms with Gasteiger partial charge >= 0.3 is 5.63 Å². The Balaban J connectivity index is 1.65. The van der Waals surface area contributed by atoms with E-state index in [9.17, 15) is 9.59 Å². The van der Waals surface area contributed by atoms with E-state index in [0.29, 0.717) is 29.0 Å². The highest BCUT2D eigenvalue weighted by Crippen LogP contribution is 2.22. The zero-order valence-corrected chi connectivity index (χ0v) is 14.7. The number of fused-ring (bicyclic) bond motifs is 2. The normalized spacial score (nSPS) is 10.9. The molecule has 0 fully saturated rings. The number of anilines is 1. The summed E-state index contributed by atoms with van der Waals surface area (Å²) >= 11 is 0. The van der Waals surface area contributed by atoms with Crippen LogP contribution < -0.4 is 15.7 Å². The summed E-state index contributed by atoms with van der Waals surface area (Å²) in [7, 11) is 0. The van der Waals surface area contributed by atoms with Crippen molar-refractivity contribution >= 4 is 33.3 Å². The molecule has 1 heterocycles. The molecule has 1 aromatic heterocycles. The average molecular weight is 359 g/mol. The van der Waals surface area contributed by atoms with Crippen molar-refractivity contribution in [1.82, 2.24) is 0 Å². The second kappa shape index (κ2) is 6.96. The van der Waals surface area contributed by atoms with Gasteiger partial charge in [-0.3, -0.25) is 4.79 Å². The maximum Gasteiger partial charge on any atom is 0.349 e. The third kappa shape index (κ3) is 3.40. The van der Waals surface area contributed by atoms with Gasteiger partial charge in [0.2, 0.25) is 0 Å². The predicted octanol–water partition coefficient (Wildman–Crippen LogP) is 4.60. The predicted molar refractivity (Wildman–Crippen MR) is 106 cm³/mol. The zero-order chi connectivity index (χ0) is 18.8. The SMILES string of the molecule is CCOc1ccc2cc(C(=O)Nc3ccc4ccccc4c3)c(=O)oc2c1. The third-order valence-electron chi connectivity index (χ3n) is 4.27. The Labute approximate surface area is 155 Å². The van der Waals surface area contributed by atoms with E-state index in [1.165, 1.54) is 6.07 Å². The summed E-state index contributed by atoms with van der Waals surface area (Å²) in [6.45, 7) is 2.39. The number of nitrogens with one attached hydrogen (secondary N) is 1. The number of rotatable bonds is 4. The van der Waals surface area contributed by atoms with Crippen LogP contribution in [0.25, 0.3) is 21.7 Å². The molecule has 0 saturated carbocycles. The molecule has 134 valence electrons. The standard InChI is InChI=1S/C22H17NO4/c1-2-26-18-10-8-16-12-19(22(25)27-20(16)13-18)21(24)23-17-9-7-14-5-3-4-6-15(14)11-17/h3-13H,2H2,1H3,(H,23,24). The number of carbonyl (C=O) groups excluding carboxylic acids is 1. The molecule has 1 amide bonds. The molecule has 0 aliphatic rings. The van der Waals surface area contributed by atoms with Gasteiger partial charge in [0.1, 0.15) is 16.9 Å². The summed E-state index contributed by atoms with van der Waals surface area (Å²) in [5.41, 5.74) is 0.271. The van der Waals surface area contributed by atoms with Gasteiger partial charge in [-0.15, -0.1) is 0 Å². The van der Waals surface area contributed by atoms with E-state index in [4.69, 9.17) is 9.15 Å². The summed E-state index contributed by atoms with van der Waals surface area (Å²) in [4.78, 5) is 24.9. The van der Waals surface area contributed by atoms with Crippen LogP contribution in [0.4, 0.5) is 5.69 Å². The molecule has 3 aromatic carbocycles. The molecule has 5 heteroatoms. The molecular formula is C22H17NO4. The number of amides is 1. The summed E-state index contributed by atoms with van der Waals surface area (Å²) in [6, 6.07) is 20.1. The molecule has 0 saturated heterocycles. The van der Waals surface area contributed by atoms with Crippen LogP contribution in [-0.2, 0) is 0 Å². The number of benzene rings is 3. The van der Waals surface area contributed by atoms with Crippen molar-refractivity contribution < 1.29 is 13.9 Å². The molecule has 0 unspecified atom stereocenters. The van der Waals surface area contributed by atoms with Crippen molar-refractivity contribution in [3.8, 4) is 5.75 Å². The lowest BCUT2D eigenvalue weighted by molar-refractivity contribution is 0.102. The van der Waals surface area contributed by atoms with Crippen molar-refractivity contribution in [1.29, 1.82) is 0 Å². The van der Waals surface area contributed by atoms with Gasteiger partial charge in [0.15, 0.2) is 0 Å². The quantitative estimate of drug-likeness (QED) is 0.541. The van der Waals surface area contributed by atoms with E-state index >= 15 is 0 Å². The average Bonchev–Trinajstić information content (AvgIpc) is 2.67. The minimum Gasteiger partial charge on any atom is -0.494 e. The van der Waals surface area contributed by atoms with E-state index in [1.54, 1.807) is 24.3 Å². The van der Waals surface area contributed by atoms with Gasteiger partial charge in [0.05, 0.1) is 6.61 Å². The van der Waals surface area contributed by atoms with Crippen LogP contribution >= 0.6 is 0 Å². The van der Waals surface area contributed by atoms with Crippen LogP contribution in [0, 0.1) is 0 Å². The van der Waals surface area contributed by atoms with Crippen LogP contribution in [-0.4, -0.2) is 12.5 Å². The summed E-state index contributed by atoms with van der Waals surface area (Å²) in [5.74, 6) is 0.108. The van der Waals surface area contributed by atoms with Gasteiger partial charge in [-0.05, 0) is 48.0 Å². The summed E-state index contributed by atoms with van der Waals surface area (Å²) in [5, 5.41) is 5.50. The molecule has 0 aliphatic heterocycles. The van der Waals surface area contributed by atoms with Crippen molar-refractivity contribution in [2.45, 2.75) is 6.92 Å². The van der Waals surface area contributed by atoms with Crippen molar-refractivity contribution in [3.05, 3.63) is 82.7 Å². The highest BCUT2D eigenvalue weighted by atomic mass is 16.5. The van der Waals surface area contributed by atoms with E-state index in [1.807, 2.05) is 43.3 Å². The van der Waals surface area contributed by atoms with Crippen LogP contribution in [0.1, 0.15) is 17.3 Å². The van der Waals surface area contributed by atoms with Gasteiger partial charge in [0.25, 0.3) is 5.91 Å². The fourth-order valence-corrected chi connectivity index (χ4v) is 2.97. The molecule has 27 heavy (non-hydrogen) atoms. The molecule has 0 spiro atoms. The van der Waals surface area contributed by atoms with Crippen LogP contribution in [0.15, 0.2) is 75.9 Å². The first kappa shape index (κ1) is 16.8. The first-order valence-electron chi connectivity index (χ1n) is 8.65. The maximum atomic E-state index is 12.6. The number of hydrogen-bond acceptors (Lipinski definition) is 4. The lowest BCUT2D eigenvalue weighted by Crippen LogP contribution is -2.20. The van der Waals surface area contributed by atoms with Gasteiger partial charge in [-0.1, -0.05) is 30.3 Å². The van der Waals surface area contributed by atoms with E-state index in [-0.39, 0.29) is 5.56 Å². The fourth-order valence-electron chi connectivity index (χ4n) is 2.97. The second-order valence-electron chi connectivity index (χ2n) is 6.10. The van der Waals surface area contributed by atoms with E-state index < -0.39 is 11.5 Å². The van der Waals surface area contributed by atoms with Crippen molar-refractivity contribution in [3.63, 3.8) is 0 Å². The third-order valence-corrected chi connectivity index (χ3v) is 4.27. The Morgan fingerprint density at radius 2 is 1.74 bits per heavy atom. The van der Waals surface area contributed by atoms with Crippen molar-refractivity contribution in [2.75, 3.05) is 11.9 Å². The number of carbonyl (C=O) groups is 1. The van der Waals surface area contributed by atoms with Gasteiger partial charge in [0, 0.05) is 17.1 Å². The molecule has 4 rings (SSSR count). The molecule has 4 aromatic rings. The Hall–Kier alpha value is -3.60. The minimum atomic E-state index is -0.686. The first-order chi connectivity index (χ1) is 13.1. The summed E-state index contributed by atoms with van der Waals surface area (Å²) in [6.07, 6.45) is 0. The fraction of sp³-hybridized carbons (Fsp3) is 0.0909. The van der Waals surface area contributed by atoms with Gasteiger partial charge in [-0.25, -0.2) is 4.79 Å². The largest absolute Gasteiger partial charge is 0.494 e. The lowest BCUT2D eigenvalue weighted by atomic mass is 10.1. The Morgan fingerprint density at radius 3 is 2.56 bits per heavy atom. The highest BCUT2D eigenvalue weighted by Gasteiger charge is 2.14. The molecule has 1 N–H and O–H groups in total. The lowest BCUT2D eigenvalue weighted by Gasteiger charge is -2.07. The van der Waals surface area contributed by atoms with Crippen LogP contribution in [0.3, 0.4) is 0 Å². The van der Waals surface area contributed by atoms with Crippen molar-refractivity contribution in [2.24, 2.45) is 0 Å². The maximum absolute atomic E-state index is 12.6. The van der Waals surface area contributed by atoms with Crippen LogP contribution in [0.5, 0.6) is 5.75 Å². The molecule has 0 aliphatic carbocycles. The molecule has 0 atom stereocenters. The number of hydrogen-bond donors (Lipinski definition) is 1. The van der Waals surface area contributed by atoms with Gasteiger partial charge < -0.3 is 14.5 Å². The first-order valence-corrected chi connectivity index (χ1v) is 8.65. The molecule has 0 bridgehead atoms. The smallest absolute Gasteiger partial charge is 0.349 e. The zero-order valence-electron chi connectivity index (χ0n) is 14.7. The molecule has 5 nitrogen and oxygen atoms in total. The van der Waals surface area contributed by atoms with Crippen LogP contribution in [0.2, 0.25) is 0 Å². The second-order valence-corrected chi connectivity index (χ2v) is 6.10. The topological polar surface area (TPSA) is 68.5 Å². The Kier molecular flexibility index (Phi) is 4.34. The monoisotopic (exact) mass is 359 g/mol. The Morgan fingerprint density at radius 1 is 0.963 bits per heavy atom. The summed E-state index contributed by atoms with van der Waals surface area (Å²) < 4.78 is 10.7. The molecule has 0 radical (unpaired) electrons. The van der Waals surface area contributed by atoms with E-state index in [2.05, 4.69) is 5.32 Å². The Bertz CT molecular complexity index is 1210. The van der Waals surface area contributed by atoms with E-state index in [0.717, 1.165) is 10.8 Å².